The summed E-state index contributed by atoms with van der Waals surface area (Å²) in [5, 5.41) is 0. The first kappa shape index (κ1) is 11.0. The summed E-state index contributed by atoms with van der Waals surface area (Å²) in [6.07, 6.45) is 4.63. The van der Waals surface area contributed by atoms with Gasteiger partial charge in [-0.05, 0) is 39.3 Å². The SMILES string of the molecule is CC(C)(C)OC(=O)C1C=CC(F)=CC1. The number of allylic oxidation sites excluding steroid dienone is 3. The van der Waals surface area contributed by atoms with Gasteiger partial charge in [0.2, 0.25) is 0 Å². The Morgan fingerprint density at radius 1 is 1.57 bits per heavy atom. The second-order valence-corrected chi connectivity index (χ2v) is 4.32. The summed E-state index contributed by atoms with van der Waals surface area (Å²) < 4.78 is 17.8. The lowest BCUT2D eigenvalue weighted by Crippen LogP contribution is -2.28. The van der Waals surface area contributed by atoms with E-state index in [1.165, 1.54) is 12.2 Å². The number of esters is 1. The predicted octanol–water partition coefficient (Wildman–Crippen LogP) is 2.76. The fourth-order valence-electron chi connectivity index (χ4n) is 1.15. The second-order valence-electron chi connectivity index (χ2n) is 4.32. The van der Waals surface area contributed by atoms with Gasteiger partial charge in [-0.15, -0.1) is 0 Å². The molecule has 0 aliphatic heterocycles. The van der Waals surface area contributed by atoms with Gasteiger partial charge in [-0.1, -0.05) is 6.08 Å². The van der Waals surface area contributed by atoms with Gasteiger partial charge in [0.25, 0.3) is 0 Å². The highest BCUT2D eigenvalue weighted by Gasteiger charge is 2.23. The maximum absolute atomic E-state index is 12.6. The van der Waals surface area contributed by atoms with Crippen LogP contribution in [0.15, 0.2) is 24.1 Å². The Morgan fingerprint density at radius 2 is 2.21 bits per heavy atom. The number of hydrogen-bond acceptors (Lipinski definition) is 2. The van der Waals surface area contributed by atoms with E-state index in [4.69, 9.17) is 4.74 Å². The van der Waals surface area contributed by atoms with Gasteiger partial charge in [-0.2, -0.15) is 0 Å². The molecule has 0 saturated carbocycles. The molecule has 0 aromatic carbocycles. The lowest BCUT2D eigenvalue weighted by molar-refractivity contribution is -0.158. The summed E-state index contributed by atoms with van der Waals surface area (Å²) in [6.45, 7) is 5.44. The van der Waals surface area contributed by atoms with Crippen LogP contribution in [0.25, 0.3) is 0 Å². The Kier molecular flexibility index (Phi) is 3.09. The number of rotatable bonds is 1. The molecule has 1 rings (SSSR count). The number of hydrogen-bond donors (Lipinski definition) is 0. The van der Waals surface area contributed by atoms with Crippen LogP contribution in [0, 0.1) is 5.92 Å². The van der Waals surface area contributed by atoms with Gasteiger partial charge in [0.05, 0.1) is 5.92 Å². The smallest absolute Gasteiger partial charge is 0.313 e. The average molecular weight is 198 g/mol. The van der Waals surface area contributed by atoms with E-state index in [-0.39, 0.29) is 17.7 Å². The zero-order valence-corrected chi connectivity index (χ0v) is 8.71. The van der Waals surface area contributed by atoms with E-state index in [1.807, 2.05) is 20.8 Å². The molecule has 78 valence electrons. The molecular weight excluding hydrogens is 183 g/mol. The molecule has 1 aliphatic rings. The molecule has 2 nitrogen and oxygen atoms in total. The number of ether oxygens (including phenoxy) is 1. The zero-order valence-electron chi connectivity index (χ0n) is 8.71. The predicted molar refractivity (Wildman–Crippen MR) is 52.3 cm³/mol. The van der Waals surface area contributed by atoms with E-state index in [2.05, 4.69) is 0 Å². The van der Waals surface area contributed by atoms with Crippen LogP contribution in [-0.2, 0) is 9.53 Å². The Labute approximate surface area is 83.4 Å². The molecule has 1 unspecified atom stereocenters. The van der Waals surface area contributed by atoms with Crippen molar-refractivity contribution in [3.05, 3.63) is 24.1 Å². The normalized spacial score (nSPS) is 21.7. The number of halogens is 1. The van der Waals surface area contributed by atoms with Crippen molar-refractivity contribution in [2.45, 2.75) is 32.8 Å². The molecule has 0 N–H and O–H groups in total. The minimum absolute atomic E-state index is 0.287. The number of carbonyl (C=O) groups is 1. The van der Waals surface area contributed by atoms with Gasteiger partial charge in [0, 0.05) is 0 Å². The molecule has 0 heterocycles. The van der Waals surface area contributed by atoms with E-state index < -0.39 is 5.60 Å². The Bertz CT molecular complexity index is 284. The fraction of sp³-hybridized carbons (Fsp3) is 0.545. The van der Waals surface area contributed by atoms with Crippen molar-refractivity contribution in [2.75, 3.05) is 0 Å². The first-order valence-electron chi connectivity index (χ1n) is 4.65. The van der Waals surface area contributed by atoms with Crippen LogP contribution >= 0.6 is 0 Å². The lowest BCUT2D eigenvalue weighted by atomic mass is 10.0. The largest absolute Gasteiger partial charge is 0.460 e. The molecule has 1 atom stereocenters. The third kappa shape index (κ3) is 3.32. The molecule has 0 saturated heterocycles. The minimum Gasteiger partial charge on any atom is -0.460 e. The zero-order chi connectivity index (χ0) is 10.8. The molecule has 0 amide bonds. The van der Waals surface area contributed by atoms with E-state index in [0.29, 0.717) is 6.42 Å². The van der Waals surface area contributed by atoms with Crippen LogP contribution in [0.2, 0.25) is 0 Å². The maximum Gasteiger partial charge on any atom is 0.313 e. The maximum atomic E-state index is 12.6. The van der Waals surface area contributed by atoms with Crippen LogP contribution < -0.4 is 0 Å². The standard InChI is InChI=1S/C11H15FO2/c1-11(2,3)14-10(13)8-4-6-9(12)7-5-8/h4,6-8H,5H2,1-3H3. The van der Waals surface area contributed by atoms with Crippen molar-refractivity contribution in [1.82, 2.24) is 0 Å². The van der Waals surface area contributed by atoms with Crippen molar-refractivity contribution >= 4 is 5.97 Å². The molecule has 14 heavy (non-hydrogen) atoms. The van der Waals surface area contributed by atoms with Crippen LogP contribution in [0.4, 0.5) is 4.39 Å². The van der Waals surface area contributed by atoms with Crippen molar-refractivity contribution in [1.29, 1.82) is 0 Å². The van der Waals surface area contributed by atoms with E-state index in [1.54, 1.807) is 6.08 Å². The summed E-state index contributed by atoms with van der Waals surface area (Å²) in [5.41, 5.74) is -0.482. The topological polar surface area (TPSA) is 26.3 Å². The molecule has 0 aromatic rings. The third-order valence-electron chi connectivity index (χ3n) is 1.76. The Hall–Kier alpha value is -1.12. The monoisotopic (exact) mass is 198 g/mol. The molecule has 3 heteroatoms. The van der Waals surface area contributed by atoms with Crippen molar-refractivity contribution in [3.8, 4) is 0 Å². The molecule has 0 fully saturated rings. The van der Waals surface area contributed by atoms with E-state index >= 15 is 0 Å². The van der Waals surface area contributed by atoms with Crippen LogP contribution in [0.3, 0.4) is 0 Å². The Morgan fingerprint density at radius 3 is 2.64 bits per heavy atom. The quantitative estimate of drug-likeness (QED) is 0.605. The van der Waals surface area contributed by atoms with Crippen LogP contribution in [0.5, 0.6) is 0 Å². The summed E-state index contributed by atoms with van der Waals surface area (Å²) in [6, 6.07) is 0. The van der Waals surface area contributed by atoms with Crippen molar-refractivity contribution in [2.24, 2.45) is 5.92 Å². The fourth-order valence-corrected chi connectivity index (χ4v) is 1.15. The molecule has 1 aliphatic carbocycles. The average Bonchev–Trinajstić information content (AvgIpc) is 2.02. The summed E-state index contributed by atoms with van der Waals surface area (Å²) in [4.78, 5) is 11.5. The lowest BCUT2D eigenvalue weighted by Gasteiger charge is -2.22. The molecular formula is C11H15FO2. The minimum atomic E-state index is -0.482. The summed E-state index contributed by atoms with van der Waals surface area (Å²) in [7, 11) is 0. The highest BCUT2D eigenvalue weighted by molar-refractivity contribution is 5.75. The first-order valence-corrected chi connectivity index (χ1v) is 4.65. The Balaban J connectivity index is 2.53. The van der Waals surface area contributed by atoms with Gasteiger partial charge in [-0.25, -0.2) is 4.39 Å². The van der Waals surface area contributed by atoms with Gasteiger partial charge >= 0.3 is 5.97 Å². The van der Waals surface area contributed by atoms with Gasteiger partial charge < -0.3 is 4.74 Å². The van der Waals surface area contributed by atoms with Crippen molar-refractivity contribution in [3.63, 3.8) is 0 Å². The molecule has 0 spiro atoms. The number of carbonyl (C=O) groups excluding carboxylic acids is 1. The molecule has 0 bridgehead atoms. The van der Waals surface area contributed by atoms with Gasteiger partial charge in [0.1, 0.15) is 11.4 Å². The van der Waals surface area contributed by atoms with E-state index in [0.717, 1.165) is 0 Å². The van der Waals surface area contributed by atoms with E-state index in [9.17, 15) is 9.18 Å². The molecule has 0 aromatic heterocycles. The highest BCUT2D eigenvalue weighted by Crippen LogP contribution is 2.20. The summed E-state index contributed by atoms with van der Waals surface area (Å²) in [5.74, 6) is -0.920. The first-order chi connectivity index (χ1) is 6.38. The summed E-state index contributed by atoms with van der Waals surface area (Å²) >= 11 is 0. The molecule has 0 radical (unpaired) electrons. The third-order valence-corrected chi connectivity index (χ3v) is 1.76. The van der Waals surface area contributed by atoms with Crippen LogP contribution in [-0.4, -0.2) is 11.6 Å². The van der Waals surface area contributed by atoms with Crippen LogP contribution in [0.1, 0.15) is 27.2 Å². The van der Waals surface area contributed by atoms with Crippen molar-refractivity contribution < 1.29 is 13.9 Å². The highest BCUT2D eigenvalue weighted by atomic mass is 19.1. The van der Waals surface area contributed by atoms with Gasteiger partial charge in [0.15, 0.2) is 0 Å². The second kappa shape index (κ2) is 3.95. The van der Waals surface area contributed by atoms with Gasteiger partial charge in [-0.3, -0.25) is 4.79 Å².